The highest BCUT2D eigenvalue weighted by molar-refractivity contribution is 5.57. The minimum absolute atomic E-state index is 0.270. The Kier molecular flexibility index (Phi) is 8.81. The van der Waals surface area contributed by atoms with Gasteiger partial charge < -0.3 is 20.1 Å². The van der Waals surface area contributed by atoms with Crippen LogP contribution in [-0.2, 0) is 4.74 Å². The second-order valence-electron chi connectivity index (χ2n) is 6.95. The van der Waals surface area contributed by atoms with Crippen LogP contribution in [-0.4, -0.2) is 41.5 Å². The van der Waals surface area contributed by atoms with Crippen molar-refractivity contribution >= 4 is 11.5 Å². The van der Waals surface area contributed by atoms with E-state index in [1.807, 2.05) is 25.2 Å². The van der Waals surface area contributed by atoms with E-state index >= 15 is 0 Å². The van der Waals surface area contributed by atoms with Crippen LogP contribution in [0.5, 0.6) is 5.88 Å². The van der Waals surface area contributed by atoms with E-state index in [-0.39, 0.29) is 6.10 Å². The third-order valence-electron chi connectivity index (χ3n) is 5.03. The molecule has 1 aliphatic carbocycles. The van der Waals surface area contributed by atoms with Crippen molar-refractivity contribution in [1.82, 2.24) is 20.5 Å². The van der Waals surface area contributed by atoms with Gasteiger partial charge in [-0.15, -0.1) is 0 Å². The van der Waals surface area contributed by atoms with Gasteiger partial charge in [0.2, 0.25) is 5.88 Å². The second-order valence-corrected chi connectivity index (χ2v) is 6.95. The molecule has 3 N–H and O–H groups in total. The number of hydrogen-bond acceptors (Lipinski definition) is 6. The SMILES string of the molecule is C=COC1CCC(c2cc(Nc3ccnc(OC)c3)n[nH]2)C1.CCC(C)NC. The first-order valence-electron chi connectivity index (χ1n) is 9.85. The average molecular weight is 388 g/mol. The number of ether oxygens (including phenoxy) is 2. The van der Waals surface area contributed by atoms with E-state index in [1.165, 1.54) is 12.7 Å². The number of methoxy groups -OCH3 is 1. The Morgan fingerprint density at radius 3 is 2.86 bits per heavy atom. The molecule has 2 heterocycles. The topological polar surface area (TPSA) is 84.1 Å². The molecule has 0 aromatic carbocycles. The zero-order valence-electron chi connectivity index (χ0n) is 17.4. The number of anilines is 2. The van der Waals surface area contributed by atoms with Gasteiger partial charge in [-0.05, 0) is 45.7 Å². The zero-order chi connectivity index (χ0) is 20.4. The van der Waals surface area contributed by atoms with Crippen molar-refractivity contribution in [2.45, 2.75) is 57.6 Å². The van der Waals surface area contributed by atoms with E-state index in [1.54, 1.807) is 13.3 Å². The summed E-state index contributed by atoms with van der Waals surface area (Å²) in [4.78, 5) is 4.08. The van der Waals surface area contributed by atoms with Gasteiger partial charge in [-0.1, -0.05) is 13.5 Å². The molecule has 3 unspecified atom stereocenters. The summed E-state index contributed by atoms with van der Waals surface area (Å²) in [6.07, 6.45) is 7.87. The van der Waals surface area contributed by atoms with E-state index in [9.17, 15) is 0 Å². The van der Waals surface area contributed by atoms with E-state index in [0.29, 0.717) is 17.8 Å². The largest absolute Gasteiger partial charge is 0.499 e. The lowest BCUT2D eigenvalue weighted by Crippen LogP contribution is -2.19. The fourth-order valence-corrected chi connectivity index (χ4v) is 3.04. The number of nitrogens with zero attached hydrogens (tertiary/aromatic N) is 2. The van der Waals surface area contributed by atoms with E-state index in [2.05, 4.69) is 46.2 Å². The number of pyridine rings is 1. The lowest BCUT2D eigenvalue weighted by molar-refractivity contribution is 0.150. The molecule has 2 aromatic rings. The van der Waals surface area contributed by atoms with Crippen molar-refractivity contribution in [2.24, 2.45) is 0 Å². The van der Waals surface area contributed by atoms with Crippen molar-refractivity contribution in [2.75, 3.05) is 19.5 Å². The number of H-pyrrole nitrogens is 1. The Morgan fingerprint density at radius 1 is 1.39 bits per heavy atom. The van der Waals surface area contributed by atoms with Crippen LogP contribution in [0.3, 0.4) is 0 Å². The van der Waals surface area contributed by atoms with E-state index in [0.717, 1.165) is 36.5 Å². The maximum Gasteiger partial charge on any atom is 0.214 e. The molecule has 154 valence electrons. The van der Waals surface area contributed by atoms with Gasteiger partial charge in [0.15, 0.2) is 5.82 Å². The van der Waals surface area contributed by atoms with Crippen LogP contribution in [0.4, 0.5) is 11.5 Å². The molecular weight excluding hydrogens is 354 g/mol. The van der Waals surface area contributed by atoms with Gasteiger partial charge in [-0.25, -0.2) is 4.98 Å². The van der Waals surface area contributed by atoms with Gasteiger partial charge in [0.25, 0.3) is 0 Å². The lowest BCUT2D eigenvalue weighted by atomic mass is 10.0. The Labute approximate surface area is 167 Å². The molecule has 1 aliphatic rings. The fourth-order valence-electron chi connectivity index (χ4n) is 3.04. The number of nitrogens with one attached hydrogen (secondary N) is 3. The number of aromatic nitrogens is 3. The van der Waals surface area contributed by atoms with Gasteiger partial charge >= 0.3 is 0 Å². The lowest BCUT2D eigenvalue weighted by Gasteiger charge is -2.09. The molecule has 3 rings (SSSR count). The fraction of sp³-hybridized carbons (Fsp3) is 0.524. The first kappa shape index (κ1) is 21.8. The summed E-state index contributed by atoms with van der Waals surface area (Å²) in [6.45, 7) is 7.95. The van der Waals surface area contributed by atoms with Crippen LogP contribution in [0.25, 0.3) is 0 Å². The van der Waals surface area contributed by atoms with Crippen LogP contribution in [0, 0.1) is 0 Å². The Bertz CT molecular complexity index is 714. The second kappa shape index (κ2) is 11.3. The first-order valence-corrected chi connectivity index (χ1v) is 9.85. The van der Waals surface area contributed by atoms with Crippen LogP contribution >= 0.6 is 0 Å². The summed E-state index contributed by atoms with van der Waals surface area (Å²) >= 11 is 0. The van der Waals surface area contributed by atoms with E-state index in [4.69, 9.17) is 9.47 Å². The predicted molar refractivity (Wildman–Crippen MR) is 113 cm³/mol. The molecule has 1 saturated carbocycles. The summed E-state index contributed by atoms with van der Waals surface area (Å²) in [5, 5.41) is 13.8. The van der Waals surface area contributed by atoms with Crippen molar-refractivity contribution < 1.29 is 9.47 Å². The Morgan fingerprint density at radius 2 is 2.21 bits per heavy atom. The summed E-state index contributed by atoms with van der Waals surface area (Å²) in [5.41, 5.74) is 2.03. The maximum absolute atomic E-state index is 5.48. The maximum atomic E-state index is 5.48. The highest BCUT2D eigenvalue weighted by Gasteiger charge is 2.27. The minimum Gasteiger partial charge on any atom is -0.499 e. The molecule has 7 heteroatoms. The molecular formula is C21H33N5O2. The molecule has 3 atom stereocenters. The zero-order valence-corrected chi connectivity index (χ0v) is 17.4. The van der Waals surface area contributed by atoms with Crippen LogP contribution in [0.15, 0.2) is 37.2 Å². The standard InChI is InChI=1S/C16H20N4O2.C5H13N/c1-3-22-13-5-4-11(8-13)14-10-15(20-19-14)18-12-6-7-17-16(9-12)21-2;1-4-5(2)6-3/h3,6-7,9-11,13H,1,4-5,8H2,2H3,(H2,17,18,19,20);5-6H,4H2,1-3H3. The summed E-state index contributed by atoms with van der Waals surface area (Å²) < 4.78 is 10.6. The van der Waals surface area contributed by atoms with Gasteiger partial charge in [0, 0.05) is 41.7 Å². The number of rotatable bonds is 8. The summed E-state index contributed by atoms with van der Waals surface area (Å²) in [5.74, 6) is 1.82. The molecule has 0 spiro atoms. The molecule has 0 bridgehead atoms. The molecule has 0 radical (unpaired) electrons. The quantitative estimate of drug-likeness (QED) is 0.584. The minimum atomic E-state index is 0.270. The van der Waals surface area contributed by atoms with Crippen LogP contribution in [0.2, 0.25) is 0 Å². The third-order valence-corrected chi connectivity index (χ3v) is 5.03. The van der Waals surface area contributed by atoms with Gasteiger partial charge in [0.1, 0.15) is 0 Å². The van der Waals surface area contributed by atoms with Crippen molar-refractivity contribution in [1.29, 1.82) is 0 Å². The number of aromatic amines is 1. The number of hydrogen-bond donors (Lipinski definition) is 3. The predicted octanol–water partition coefficient (Wildman–Crippen LogP) is 4.36. The highest BCUT2D eigenvalue weighted by atomic mass is 16.5. The van der Waals surface area contributed by atoms with Crippen LogP contribution < -0.4 is 15.4 Å². The van der Waals surface area contributed by atoms with Gasteiger partial charge in [0.05, 0.1) is 19.5 Å². The smallest absolute Gasteiger partial charge is 0.214 e. The normalized spacial score (nSPS) is 19.3. The molecule has 0 saturated heterocycles. The molecule has 28 heavy (non-hydrogen) atoms. The van der Waals surface area contributed by atoms with Crippen molar-refractivity contribution in [3.63, 3.8) is 0 Å². The molecule has 1 fully saturated rings. The first-order chi connectivity index (χ1) is 13.6. The van der Waals surface area contributed by atoms with Crippen molar-refractivity contribution in [3.8, 4) is 5.88 Å². The van der Waals surface area contributed by atoms with E-state index < -0.39 is 0 Å². The summed E-state index contributed by atoms with van der Waals surface area (Å²) in [7, 11) is 3.58. The molecule has 7 nitrogen and oxygen atoms in total. The third kappa shape index (κ3) is 6.56. The van der Waals surface area contributed by atoms with Crippen molar-refractivity contribution in [3.05, 3.63) is 42.9 Å². The van der Waals surface area contributed by atoms with Crippen LogP contribution in [0.1, 0.15) is 51.1 Å². The van der Waals surface area contributed by atoms with Gasteiger partial charge in [-0.2, -0.15) is 5.10 Å². The monoisotopic (exact) mass is 387 g/mol. The summed E-state index contributed by atoms with van der Waals surface area (Å²) in [6, 6.07) is 6.44. The molecule has 2 aromatic heterocycles. The molecule has 0 amide bonds. The van der Waals surface area contributed by atoms with Gasteiger partial charge in [-0.3, -0.25) is 5.10 Å². The Balaban J connectivity index is 0.000000409. The average Bonchev–Trinajstić information content (AvgIpc) is 3.38. The molecule has 0 aliphatic heterocycles. The Hall–Kier alpha value is -2.54. The highest BCUT2D eigenvalue weighted by Crippen LogP contribution is 2.36.